The highest BCUT2D eigenvalue weighted by molar-refractivity contribution is 5.96. The first-order valence-corrected chi connectivity index (χ1v) is 8.78. The number of benzene rings is 1. The van der Waals surface area contributed by atoms with Crippen molar-refractivity contribution in [3.63, 3.8) is 0 Å². The number of nitrogens with zero attached hydrogens (tertiary/aromatic N) is 2. The fraction of sp³-hybridized carbons (Fsp3) is 0.450. The first kappa shape index (κ1) is 16.8. The van der Waals surface area contributed by atoms with Gasteiger partial charge in [-0.25, -0.2) is 0 Å². The Balaban J connectivity index is 1.84. The summed E-state index contributed by atoms with van der Waals surface area (Å²) in [5.41, 5.74) is 4.32. The van der Waals surface area contributed by atoms with Crippen molar-refractivity contribution in [1.82, 2.24) is 14.8 Å². The Hall–Kier alpha value is -2.07. The zero-order chi connectivity index (χ0) is 17.1. The summed E-state index contributed by atoms with van der Waals surface area (Å²) in [6.45, 7) is 6.70. The number of carbonyl (C=O) groups is 1. The van der Waals surface area contributed by atoms with E-state index < -0.39 is 0 Å². The standard InChI is InChI=1S/C20H27N3O/c1-15-12-19(20(24)22-11-7-10-18(22)13-21-3)16(2)23(15)14-17-8-5-4-6-9-17/h4-6,8-9,12,18,21H,7,10-11,13-14H2,1-3H3/t18-/m1/s1. The Morgan fingerprint density at radius 1 is 1.25 bits per heavy atom. The third-order valence-electron chi connectivity index (χ3n) is 5.07. The molecule has 4 heteroatoms. The minimum atomic E-state index is 0.181. The van der Waals surface area contributed by atoms with Crippen molar-refractivity contribution in [3.05, 3.63) is 58.9 Å². The summed E-state index contributed by atoms with van der Waals surface area (Å²) in [5, 5.41) is 3.21. The number of aromatic nitrogens is 1. The van der Waals surface area contributed by atoms with Gasteiger partial charge in [0.05, 0.1) is 5.56 Å². The molecule has 1 aromatic heterocycles. The Morgan fingerprint density at radius 3 is 2.71 bits per heavy atom. The van der Waals surface area contributed by atoms with Crippen LogP contribution in [-0.2, 0) is 6.54 Å². The fourth-order valence-corrected chi connectivity index (χ4v) is 3.73. The van der Waals surface area contributed by atoms with Gasteiger partial charge < -0.3 is 14.8 Å². The first-order valence-electron chi connectivity index (χ1n) is 8.78. The average Bonchev–Trinajstić information content (AvgIpc) is 3.15. The predicted molar refractivity (Wildman–Crippen MR) is 97.4 cm³/mol. The molecule has 0 saturated carbocycles. The van der Waals surface area contributed by atoms with E-state index in [0.717, 1.165) is 49.4 Å². The fourth-order valence-electron chi connectivity index (χ4n) is 3.73. The zero-order valence-electron chi connectivity index (χ0n) is 14.9. The Labute approximate surface area is 144 Å². The van der Waals surface area contributed by atoms with Crippen LogP contribution in [0.4, 0.5) is 0 Å². The van der Waals surface area contributed by atoms with Gasteiger partial charge in [-0.15, -0.1) is 0 Å². The third kappa shape index (κ3) is 3.24. The van der Waals surface area contributed by atoms with Crippen molar-refractivity contribution in [1.29, 1.82) is 0 Å². The third-order valence-corrected chi connectivity index (χ3v) is 5.07. The minimum absolute atomic E-state index is 0.181. The number of rotatable bonds is 5. The van der Waals surface area contributed by atoms with Crippen LogP contribution in [-0.4, -0.2) is 41.6 Å². The molecule has 2 aromatic rings. The van der Waals surface area contributed by atoms with Crippen LogP contribution >= 0.6 is 0 Å². The van der Waals surface area contributed by atoms with E-state index in [1.807, 2.05) is 18.0 Å². The number of hydrogen-bond acceptors (Lipinski definition) is 2. The van der Waals surface area contributed by atoms with Crippen LogP contribution in [0.2, 0.25) is 0 Å². The van der Waals surface area contributed by atoms with E-state index in [4.69, 9.17) is 0 Å². The molecule has 0 bridgehead atoms. The number of aryl methyl sites for hydroxylation is 1. The summed E-state index contributed by atoms with van der Waals surface area (Å²) in [4.78, 5) is 15.1. The van der Waals surface area contributed by atoms with Crippen LogP contribution < -0.4 is 5.32 Å². The lowest BCUT2D eigenvalue weighted by Crippen LogP contribution is -2.41. The number of likely N-dealkylation sites (tertiary alicyclic amines) is 1. The van der Waals surface area contributed by atoms with Crippen molar-refractivity contribution in [2.24, 2.45) is 0 Å². The van der Waals surface area contributed by atoms with Gasteiger partial charge in [-0.3, -0.25) is 4.79 Å². The molecule has 128 valence electrons. The summed E-state index contributed by atoms with van der Waals surface area (Å²) >= 11 is 0. The molecule has 1 aliphatic rings. The van der Waals surface area contributed by atoms with Gasteiger partial charge in [0.25, 0.3) is 5.91 Å². The molecule has 1 N–H and O–H groups in total. The molecule has 1 atom stereocenters. The van der Waals surface area contributed by atoms with Crippen LogP contribution in [0.5, 0.6) is 0 Å². The van der Waals surface area contributed by atoms with Crippen molar-refractivity contribution in [2.75, 3.05) is 20.1 Å². The van der Waals surface area contributed by atoms with E-state index >= 15 is 0 Å². The molecule has 4 nitrogen and oxygen atoms in total. The van der Waals surface area contributed by atoms with Crippen molar-refractivity contribution >= 4 is 5.91 Å². The first-order chi connectivity index (χ1) is 11.6. The predicted octanol–water partition coefficient (Wildman–Crippen LogP) is 2.98. The monoisotopic (exact) mass is 325 g/mol. The van der Waals surface area contributed by atoms with Gasteiger partial charge in [-0.2, -0.15) is 0 Å². The number of nitrogens with one attached hydrogen (secondary N) is 1. The topological polar surface area (TPSA) is 37.3 Å². The van der Waals surface area contributed by atoms with Crippen molar-refractivity contribution in [2.45, 2.75) is 39.3 Å². The van der Waals surface area contributed by atoms with Crippen LogP contribution in [0.1, 0.15) is 40.2 Å². The van der Waals surface area contributed by atoms with Crippen molar-refractivity contribution in [3.8, 4) is 0 Å². The molecule has 2 heterocycles. The molecular weight excluding hydrogens is 298 g/mol. The minimum Gasteiger partial charge on any atom is -0.344 e. The number of carbonyl (C=O) groups excluding carboxylic acids is 1. The second kappa shape index (κ2) is 7.22. The Kier molecular flexibility index (Phi) is 5.05. The van der Waals surface area contributed by atoms with Crippen LogP contribution in [0, 0.1) is 13.8 Å². The van der Waals surface area contributed by atoms with Gasteiger partial charge >= 0.3 is 0 Å². The number of hydrogen-bond donors (Lipinski definition) is 1. The molecule has 1 aliphatic heterocycles. The molecule has 0 unspecified atom stereocenters. The summed E-state index contributed by atoms with van der Waals surface area (Å²) in [5.74, 6) is 0.181. The second-order valence-electron chi connectivity index (χ2n) is 6.71. The number of likely N-dealkylation sites (N-methyl/N-ethyl adjacent to an activating group) is 1. The summed E-state index contributed by atoms with van der Waals surface area (Å²) < 4.78 is 2.24. The maximum Gasteiger partial charge on any atom is 0.255 e. The van der Waals surface area contributed by atoms with Gasteiger partial charge in [-0.1, -0.05) is 30.3 Å². The van der Waals surface area contributed by atoms with Crippen LogP contribution in [0.15, 0.2) is 36.4 Å². The van der Waals surface area contributed by atoms with Gasteiger partial charge in [-0.05, 0) is 45.4 Å². The summed E-state index contributed by atoms with van der Waals surface area (Å²) in [7, 11) is 1.95. The molecule has 0 aliphatic carbocycles. The molecule has 1 saturated heterocycles. The van der Waals surface area contributed by atoms with E-state index in [1.54, 1.807) is 0 Å². The highest BCUT2D eigenvalue weighted by Crippen LogP contribution is 2.24. The molecule has 1 fully saturated rings. The summed E-state index contributed by atoms with van der Waals surface area (Å²) in [6.07, 6.45) is 2.19. The maximum atomic E-state index is 13.1. The SMILES string of the molecule is CNC[C@H]1CCCN1C(=O)c1cc(C)n(Cc2ccccc2)c1C. The highest BCUT2D eigenvalue weighted by atomic mass is 16.2. The van der Waals surface area contributed by atoms with Crippen molar-refractivity contribution < 1.29 is 4.79 Å². The van der Waals surface area contributed by atoms with Gasteiger partial charge in [0, 0.05) is 37.1 Å². The molecule has 3 rings (SSSR count). The van der Waals surface area contributed by atoms with Crippen LogP contribution in [0.3, 0.4) is 0 Å². The Morgan fingerprint density at radius 2 is 2.00 bits per heavy atom. The Bertz CT molecular complexity index is 705. The molecular formula is C20H27N3O. The molecule has 0 radical (unpaired) electrons. The van der Waals surface area contributed by atoms with E-state index in [0.29, 0.717) is 6.04 Å². The maximum absolute atomic E-state index is 13.1. The molecule has 1 amide bonds. The average molecular weight is 325 g/mol. The lowest BCUT2D eigenvalue weighted by Gasteiger charge is -2.24. The molecule has 1 aromatic carbocycles. The highest BCUT2D eigenvalue weighted by Gasteiger charge is 2.30. The zero-order valence-corrected chi connectivity index (χ0v) is 14.9. The largest absolute Gasteiger partial charge is 0.344 e. The number of amides is 1. The quantitative estimate of drug-likeness (QED) is 0.918. The van der Waals surface area contributed by atoms with Gasteiger partial charge in [0.15, 0.2) is 0 Å². The summed E-state index contributed by atoms with van der Waals surface area (Å²) in [6, 6.07) is 12.8. The molecule has 0 spiro atoms. The van der Waals surface area contributed by atoms with Gasteiger partial charge in [0.1, 0.15) is 0 Å². The second-order valence-corrected chi connectivity index (χ2v) is 6.71. The normalized spacial score (nSPS) is 17.5. The van der Waals surface area contributed by atoms with E-state index in [-0.39, 0.29) is 5.91 Å². The van der Waals surface area contributed by atoms with E-state index in [2.05, 4.69) is 54.1 Å². The lowest BCUT2D eigenvalue weighted by molar-refractivity contribution is 0.0736. The van der Waals surface area contributed by atoms with E-state index in [9.17, 15) is 4.79 Å². The van der Waals surface area contributed by atoms with E-state index in [1.165, 1.54) is 5.56 Å². The van der Waals surface area contributed by atoms with Crippen LogP contribution in [0.25, 0.3) is 0 Å². The molecule has 24 heavy (non-hydrogen) atoms. The lowest BCUT2D eigenvalue weighted by atomic mass is 10.1. The van der Waals surface area contributed by atoms with Gasteiger partial charge in [0.2, 0.25) is 0 Å². The smallest absolute Gasteiger partial charge is 0.255 e.